The topological polar surface area (TPSA) is 113 Å². The van der Waals surface area contributed by atoms with E-state index < -0.39 is 28.5 Å². The second kappa shape index (κ2) is 9.30. The summed E-state index contributed by atoms with van der Waals surface area (Å²) in [6.45, 7) is 7.17. The van der Waals surface area contributed by atoms with E-state index in [-0.39, 0.29) is 22.9 Å². The summed E-state index contributed by atoms with van der Waals surface area (Å²) in [6.07, 6.45) is 0.119. The molecule has 1 aliphatic heterocycles. The number of carbonyl (C=O) groups excluding carboxylic acids is 1. The summed E-state index contributed by atoms with van der Waals surface area (Å²) in [5.74, 6) is -0.611. The lowest BCUT2D eigenvalue weighted by molar-refractivity contribution is -0.137. The molecular weight excluding hydrogens is 432 g/mol. The third-order valence-corrected chi connectivity index (χ3v) is 6.72. The number of anilines is 1. The number of nitrogens with zero attached hydrogens (tertiary/aromatic N) is 1. The van der Waals surface area contributed by atoms with Crippen molar-refractivity contribution in [3.8, 4) is 5.75 Å². The number of sulfonamides is 1. The van der Waals surface area contributed by atoms with E-state index in [1.807, 2.05) is 20.8 Å². The third kappa shape index (κ3) is 5.28. The van der Waals surface area contributed by atoms with Crippen LogP contribution in [0.4, 0.5) is 5.69 Å². The highest BCUT2D eigenvalue weighted by Crippen LogP contribution is 2.34. The molecule has 0 aliphatic carbocycles. The number of hydrogen-bond acceptors (Lipinski definition) is 5. The predicted molar refractivity (Wildman–Crippen MR) is 120 cm³/mol. The number of amides is 1. The van der Waals surface area contributed by atoms with Gasteiger partial charge < -0.3 is 14.7 Å². The van der Waals surface area contributed by atoms with Gasteiger partial charge >= 0.3 is 5.97 Å². The Morgan fingerprint density at radius 2 is 1.84 bits per heavy atom. The van der Waals surface area contributed by atoms with E-state index in [0.717, 1.165) is 5.56 Å². The predicted octanol–water partition coefficient (Wildman–Crippen LogP) is 3.27. The summed E-state index contributed by atoms with van der Waals surface area (Å²) in [4.78, 5) is 25.0. The van der Waals surface area contributed by atoms with E-state index in [1.54, 1.807) is 41.3 Å². The minimum absolute atomic E-state index is 0.0179. The molecule has 0 aromatic heterocycles. The van der Waals surface area contributed by atoms with Crippen molar-refractivity contribution in [2.24, 2.45) is 0 Å². The van der Waals surface area contributed by atoms with Crippen molar-refractivity contribution in [1.29, 1.82) is 0 Å². The van der Waals surface area contributed by atoms with Gasteiger partial charge in [0.25, 0.3) is 0 Å². The van der Waals surface area contributed by atoms with Crippen LogP contribution in [0.1, 0.15) is 51.3 Å². The van der Waals surface area contributed by atoms with Crippen LogP contribution < -0.4 is 14.4 Å². The van der Waals surface area contributed by atoms with Crippen molar-refractivity contribution in [3.63, 3.8) is 0 Å². The summed E-state index contributed by atoms with van der Waals surface area (Å²) < 4.78 is 34.3. The number of fused-ring (bicyclic) bond motifs is 1. The Morgan fingerprint density at radius 1 is 1.19 bits per heavy atom. The van der Waals surface area contributed by atoms with Gasteiger partial charge in [0.2, 0.25) is 15.9 Å². The number of carboxylic acid groups (broad SMARTS) is 1. The van der Waals surface area contributed by atoms with E-state index in [1.165, 1.54) is 13.0 Å². The minimum Gasteiger partial charge on any atom is -0.491 e. The fourth-order valence-electron chi connectivity index (χ4n) is 3.96. The Bertz CT molecular complexity index is 1110. The van der Waals surface area contributed by atoms with Gasteiger partial charge in [-0.15, -0.1) is 0 Å². The molecule has 0 bridgehead atoms. The molecule has 0 radical (unpaired) electrons. The smallest absolute Gasteiger partial charge is 0.305 e. The molecule has 3 rings (SSSR count). The van der Waals surface area contributed by atoms with Gasteiger partial charge in [0.05, 0.1) is 23.5 Å². The maximum atomic E-state index is 13.1. The monoisotopic (exact) mass is 460 g/mol. The number of carboxylic acids is 1. The van der Waals surface area contributed by atoms with Crippen LogP contribution in [0, 0.1) is 0 Å². The summed E-state index contributed by atoms with van der Waals surface area (Å²) in [5.41, 5.74) is 1.98. The number of aliphatic carboxylic acids is 1. The van der Waals surface area contributed by atoms with Crippen LogP contribution in [0.5, 0.6) is 5.75 Å². The van der Waals surface area contributed by atoms with Crippen molar-refractivity contribution in [3.05, 3.63) is 53.6 Å². The Hall–Kier alpha value is -2.91. The average molecular weight is 461 g/mol. The first-order valence-electron chi connectivity index (χ1n) is 10.4. The van der Waals surface area contributed by atoms with Crippen LogP contribution in [0.15, 0.2) is 47.4 Å². The molecule has 9 heteroatoms. The molecule has 2 N–H and O–H groups in total. The highest BCUT2D eigenvalue weighted by Gasteiger charge is 2.31. The van der Waals surface area contributed by atoms with Gasteiger partial charge in [-0.3, -0.25) is 9.59 Å². The van der Waals surface area contributed by atoms with Gasteiger partial charge in [-0.25, -0.2) is 13.1 Å². The van der Waals surface area contributed by atoms with E-state index in [4.69, 9.17) is 4.74 Å². The van der Waals surface area contributed by atoms with Crippen molar-refractivity contribution in [2.75, 3.05) is 4.90 Å². The van der Waals surface area contributed by atoms with Gasteiger partial charge in [0.1, 0.15) is 5.75 Å². The molecule has 1 heterocycles. The minimum atomic E-state index is -4.01. The zero-order valence-electron chi connectivity index (χ0n) is 18.5. The Balaban J connectivity index is 1.87. The van der Waals surface area contributed by atoms with Crippen molar-refractivity contribution >= 4 is 27.6 Å². The molecule has 172 valence electrons. The fraction of sp³-hybridized carbons (Fsp3) is 0.391. The Morgan fingerprint density at radius 3 is 2.41 bits per heavy atom. The largest absolute Gasteiger partial charge is 0.491 e. The van der Waals surface area contributed by atoms with Crippen LogP contribution in [0.25, 0.3) is 0 Å². The molecule has 2 aromatic rings. The SMILES string of the molecule is CC(=O)N1c2ccc(S(=O)(=O)N[C@H](CC(=O)O)c3ccc(OC(C)C)cc3)cc2C[C@@H]1C. The Kier molecular flexibility index (Phi) is 6.90. The molecule has 0 saturated heterocycles. The van der Waals surface area contributed by atoms with Gasteiger partial charge in [0.15, 0.2) is 0 Å². The molecule has 0 unspecified atom stereocenters. The van der Waals surface area contributed by atoms with Crippen molar-refractivity contribution in [2.45, 2.75) is 63.6 Å². The van der Waals surface area contributed by atoms with Crippen LogP contribution in [0.3, 0.4) is 0 Å². The first-order chi connectivity index (χ1) is 15.0. The molecule has 32 heavy (non-hydrogen) atoms. The summed E-state index contributed by atoms with van der Waals surface area (Å²) >= 11 is 0. The average Bonchev–Trinajstić information content (AvgIpc) is 3.02. The quantitative estimate of drug-likeness (QED) is 0.625. The van der Waals surface area contributed by atoms with Gasteiger partial charge in [-0.1, -0.05) is 12.1 Å². The first kappa shape index (κ1) is 23.7. The lowest BCUT2D eigenvalue weighted by atomic mass is 10.0. The second-order valence-corrected chi connectivity index (χ2v) is 9.95. The maximum absolute atomic E-state index is 13.1. The number of carbonyl (C=O) groups is 2. The molecule has 8 nitrogen and oxygen atoms in total. The van der Waals surface area contributed by atoms with Crippen LogP contribution in [-0.4, -0.2) is 37.5 Å². The molecule has 1 amide bonds. The summed E-state index contributed by atoms with van der Waals surface area (Å²) in [5, 5.41) is 9.33. The van der Waals surface area contributed by atoms with E-state index >= 15 is 0 Å². The van der Waals surface area contributed by atoms with Gasteiger partial charge in [-0.05, 0) is 68.7 Å². The normalized spacial score (nSPS) is 16.7. The molecule has 0 fully saturated rings. The molecule has 2 atom stereocenters. The maximum Gasteiger partial charge on any atom is 0.305 e. The lowest BCUT2D eigenvalue weighted by Gasteiger charge is -2.21. The molecular formula is C23H28N2O6S. The highest BCUT2D eigenvalue weighted by atomic mass is 32.2. The summed E-state index contributed by atoms with van der Waals surface area (Å²) in [7, 11) is -4.01. The third-order valence-electron chi connectivity index (χ3n) is 5.25. The van der Waals surface area contributed by atoms with Crippen molar-refractivity contribution in [1.82, 2.24) is 4.72 Å². The van der Waals surface area contributed by atoms with Crippen LogP contribution in [-0.2, 0) is 26.0 Å². The molecule has 2 aromatic carbocycles. The van der Waals surface area contributed by atoms with Gasteiger partial charge in [0, 0.05) is 18.7 Å². The number of rotatable bonds is 8. The van der Waals surface area contributed by atoms with E-state index in [9.17, 15) is 23.1 Å². The highest BCUT2D eigenvalue weighted by molar-refractivity contribution is 7.89. The number of hydrogen-bond donors (Lipinski definition) is 2. The fourth-order valence-corrected chi connectivity index (χ4v) is 5.24. The van der Waals surface area contributed by atoms with Crippen LogP contribution in [0.2, 0.25) is 0 Å². The zero-order valence-corrected chi connectivity index (χ0v) is 19.3. The molecule has 0 saturated carbocycles. The number of nitrogens with one attached hydrogen (secondary N) is 1. The first-order valence-corrected chi connectivity index (χ1v) is 11.9. The number of benzene rings is 2. The number of ether oxygens (including phenoxy) is 1. The standard InChI is InChI=1S/C23H28N2O6S/c1-14(2)31-19-7-5-17(6-8-19)21(13-23(27)28)24-32(29,30)20-9-10-22-18(12-20)11-15(3)25(22)16(4)26/h5-10,12,14-15,21,24H,11,13H2,1-4H3,(H,27,28)/t15-,21+/m0/s1. The van der Waals surface area contributed by atoms with E-state index in [0.29, 0.717) is 23.4 Å². The van der Waals surface area contributed by atoms with Crippen LogP contribution >= 0.6 is 0 Å². The van der Waals surface area contributed by atoms with Gasteiger partial charge in [-0.2, -0.15) is 0 Å². The Labute approximate surface area is 188 Å². The van der Waals surface area contributed by atoms with Crippen molar-refractivity contribution < 1.29 is 27.9 Å². The molecule has 1 aliphatic rings. The summed E-state index contributed by atoms with van der Waals surface area (Å²) in [6, 6.07) is 10.3. The lowest BCUT2D eigenvalue weighted by Crippen LogP contribution is -2.33. The zero-order chi connectivity index (χ0) is 23.6. The molecule has 0 spiro atoms. The van der Waals surface area contributed by atoms with E-state index in [2.05, 4.69) is 4.72 Å². The second-order valence-electron chi connectivity index (χ2n) is 8.24.